The third-order valence-electron chi connectivity index (χ3n) is 4.91. The molecule has 0 unspecified atom stereocenters. The van der Waals surface area contributed by atoms with E-state index in [2.05, 4.69) is 30.2 Å². The minimum atomic E-state index is -0.249. The third-order valence-corrected chi connectivity index (χ3v) is 4.91. The summed E-state index contributed by atoms with van der Waals surface area (Å²) < 4.78 is 10.4. The molecule has 1 aromatic heterocycles. The van der Waals surface area contributed by atoms with E-state index < -0.39 is 0 Å². The highest BCUT2D eigenvalue weighted by atomic mass is 16.5. The lowest BCUT2D eigenvalue weighted by Crippen LogP contribution is -2.27. The highest BCUT2D eigenvalue weighted by Gasteiger charge is 2.11. The quantitative estimate of drug-likeness (QED) is 0.641. The molecule has 0 aliphatic heterocycles. The topological polar surface area (TPSA) is 80.4 Å². The number of amides is 1. The Bertz CT molecular complexity index is 1060. The standard InChI is InChI=1S/C23H26N2O4/c1-14(2)15-5-6-21-17(9-15)10-16(23(27)25-21)7-8-24-22(26)18-11-19(28-3)13-20(12-18)29-4/h5-6,9-14H,7-8H2,1-4H3,(H,24,26)(H,25,27). The smallest absolute Gasteiger partial charge is 0.251 e. The SMILES string of the molecule is COc1cc(OC)cc(C(=O)NCCc2cc3cc(C(C)C)ccc3[nH]c2=O)c1. The highest BCUT2D eigenvalue weighted by Crippen LogP contribution is 2.22. The van der Waals surface area contributed by atoms with Crippen molar-refractivity contribution in [3.63, 3.8) is 0 Å². The molecule has 0 saturated heterocycles. The summed E-state index contributed by atoms with van der Waals surface area (Å²) in [4.78, 5) is 27.8. The van der Waals surface area contributed by atoms with Gasteiger partial charge >= 0.3 is 0 Å². The molecule has 0 spiro atoms. The van der Waals surface area contributed by atoms with E-state index in [4.69, 9.17) is 9.47 Å². The number of pyridine rings is 1. The summed E-state index contributed by atoms with van der Waals surface area (Å²) in [5.74, 6) is 1.25. The van der Waals surface area contributed by atoms with E-state index >= 15 is 0 Å². The van der Waals surface area contributed by atoms with Gasteiger partial charge in [-0.2, -0.15) is 0 Å². The van der Waals surface area contributed by atoms with Gasteiger partial charge in [0.2, 0.25) is 0 Å². The van der Waals surface area contributed by atoms with E-state index in [-0.39, 0.29) is 11.5 Å². The van der Waals surface area contributed by atoms with Crippen LogP contribution in [-0.2, 0) is 6.42 Å². The lowest BCUT2D eigenvalue weighted by molar-refractivity contribution is 0.0953. The van der Waals surface area contributed by atoms with Gasteiger partial charge in [-0.1, -0.05) is 19.9 Å². The Kier molecular flexibility index (Phi) is 6.22. The summed E-state index contributed by atoms with van der Waals surface area (Å²) >= 11 is 0. The van der Waals surface area contributed by atoms with E-state index in [1.165, 1.54) is 19.8 Å². The first-order chi connectivity index (χ1) is 13.9. The Hall–Kier alpha value is -3.28. The lowest BCUT2D eigenvalue weighted by atomic mass is 10.0. The van der Waals surface area contributed by atoms with Gasteiger partial charge in [0.25, 0.3) is 11.5 Å². The van der Waals surface area contributed by atoms with Crippen LogP contribution in [0, 0.1) is 0 Å². The van der Waals surface area contributed by atoms with Crippen LogP contribution < -0.4 is 20.3 Å². The van der Waals surface area contributed by atoms with E-state index in [0.717, 1.165) is 10.9 Å². The van der Waals surface area contributed by atoms with E-state index in [1.807, 2.05) is 18.2 Å². The number of ether oxygens (including phenoxy) is 2. The fraction of sp³-hybridized carbons (Fsp3) is 0.304. The van der Waals surface area contributed by atoms with Crippen LogP contribution in [0.5, 0.6) is 11.5 Å². The second-order valence-electron chi connectivity index (χ2n) is 7.23. The number of aromatic nitrogens is 1. The van der Waals surface area contributed by atoms with Crippen molar-refractivity contribution < 1.29 is 14.3 Å². The van der Waals surface area contributed by atoms with Crippen molar-refractivity contribution in [1.82, 2.24) is 10.3 Å². The summed E-state index contributed by atoms with van der Waals surface area (Å²) in [5.41, 5.74) is 2.98. The van der Waals surface area contributed by atoms with Crippen LogP contribution in [0.15, 0.2) is 47.3 Å². The molecule has 29 heavy (non-hydrogen) atoms. The lowest BCUT2D eigenvalue weighted by Gasteiger charge is -2.10. The molecule has 6 heteroatoms. The number of benzene rings is 2. The second-order valence-corrected chi connectivity index (χ2v) is 7.23. The predicted octanol–water partition coefficient (Wildman–Crippen LogP) is 3.64. The predicted molar refractivity (Wildman–Crippen MR) is 114 cm³/mol. The summed E-state index contributed by atoms with van der Waals surface area (Å²) in [7, 11) is 3.07. The zero-order chi connectivity index (χ0) is 21.0. The maximum absolute atomic E-state index is 12.5. The van der Waals surface area contributed by atoms with E-state index in [1.54, 1.807) is 18.2 Å². The minimum Gasteiger partial charge on any atom is -0.497 e. The number of carbonyl (C=O) groups is 1. The number of fused-ring (bicyclic) bond motifs is 1. The normalized spacial score (nSPS) is 10.9. The van der Waals surface area contributed by atoms with Gasteiger partial charge in [-0.15, -0.1) is 0 Å². The first kappa shape index (κ1) is 20.5. The molecule has 3 aromatic rings. The Balaban J connectivity index is 1.73. The van der Waals surface area contributed by atoms with Gasteiger partial charge in [-0.3, -0.25) is 9.59 Å². The summed E-state index contributed by atoms with van der Waals surface area (Å²) in [6.45, 7) is 4.62. The van der Waals surface area contributed by atoms with Crippen molar-refractivity contribution in [2.45, 2.75) is 26.2 Å². The second kappa shape index (κ2) is 8.82. The molecule has 0 saturated carbocycles. The summed E-state index contributed by atoms with van der Waals surface area (Å²) in [5, 5.41) is 3.85. The van der Waals surface area contributed by atoms with Crippen LogP contribution in [0.25, 0.3) is 10.9 Å². The van der Waals surface area contributed by atoms with Crippen LogP contribution in [0.1, 0.15) is 41.3 Å². The zero-order valence-electron chi connectivity index (χ0n) is 17.2. The molecule has 2 N–H and O–H groups in total. The number of methoxy groups -OCH3 is 2. The molecule has 0 fully saturated rings. The molecule has 0 radical (unpaired) electrons. The molecule has 0 aliphatic carbocycles. The van der Waals surface area contributed by atoms with E-state index in [9.17, 15) is 9.59 Å². The fourth-order valence-corrected chi connectivity index (χ4v) is 3.17. The fourth-order valence-electron chi connectivity index (χ4n) is 3.17. The molecule has 6 nitrogen and oxygen atoms in total. The van der Waals surface area contributed by atoms with E-state index in [0.29, 0.717) is 41.5 Å². The number of rotatable bonds is 7. The maximum Gasteiger partial charge on any atom is 0.251 e. The number of aromatic amines is 1. The molecule has 0 aliphatic rings. The van der Waals surface area contributed by atoms with Gasteiger partial charge in [0.15, 0.2) is 0 Å². The molecular weight excluding hydrogens is 368 g/mol. The van der Waals surface area contributed by atoms with Crippen LogP contribution in [0.2, 0.25) is 0 Å². The van der Waals surface area contributed by atoms with Gasteiger partial charge in [0.1, 0.15) is 11.5 Å². The van der Waals surface area contributed by atoms with Crippen molar-refractivity contribution >= 4 is 16.8 Å². The number of carbonyl (C=O) groups excluding carboxylic acids is 1. The van der Waals surface area contributed by atoms with Crippen molar-refractivity contribution in [3.8, 4) is 11.5 Å². The molecule has 152 valence electrons. The van der Waals surface area contributed by atoms with Crippen molar-refractivity contribution in [2.75, 3.05) is 20.8 Å². The van der Waals surface area contributed by atoms with Crippen LogP contribution in [0.3, 0.4) is 0 Å². The average molecular weight is 394 g/mol. The number of H-pyrrole nitrogens is 1. The monoisotopic (exact) mass is 394 g/mol. The molecular formula is C23H26N2O4. The van der Waals surface area contributed by atoms with Crippen LogP contribution in [-0.4, -0.2) is 31.7 Å². The average Bonchev–Trinajstić information content (AvgIpc) is 2.73. The van der Waals surface area contributed by atoms with Crippen molar-refractivity contribution in [3.05, 3.63) is 69.5 Å². The van der Waals surface area contributed by atoms with Crippen molar-refractivity contribution in [1.29, 1.82) is 0 Å². The molecule has 0 atom stereocenters. The Morgan fingerprint density at radius 1 is 1.03 bits per heavy atom. The summed E-state index contributed by atoms with van der Waals surface area (Å²) in [6, 6.07) is 13.0. The van der Waals surface area contributed by atoms with Crippen LogP contribution in [0.4, 0.5) is 0 Å². The highest BCUT2D eigenvalue weighted by molar-refractivity contribution is 5.95. The van der Waals surface area contributed by atoms with Gasteiger partial charge in [0, 0.05) is 29.3 Å². The Morgan fingerprint density at radius 3 is 2.34 bits per heavy atom. The van der Waals surface area contributed by atoms with Gasteiger partial charge in [-0.05, 0) is 53.6 Å². The van der Waals surface area contributed by atoms with Crippen molar-refractivity contribution in [2.24, 2.45) is 0 Å². The zero-order valence-corrected chi connectivity index (χ0v) is 17.2. The third kappa shape index (κ3) is 4.77. The molecule has 3 rings (SSSR count). The minimum absolute atomic E-state index is 0.132. The molecule has 2 aromatic carbocycles. The Morgan fingerprint density at radius 2 is 1.72 bits per heavy atom. The number of nitrogens with one attached hydrogen (secondary N) is 2. The molecule has 1 heterocycles. The number of hydrogen-bond acceptors (Lipinski definition) is 4. The van der Waals surface area contributed by atoms with Crippen LogP contribution >= 0.6 is 0 Å². The molecule has 0 bridgehead atoms. The number of hydrogen-bond donors (Lipinski definition) is 2. The Labute approximate surface area is 169 Å². The van der Waals surface area contributed by atoms with Gasteiger partial charge in [0.05, 0.1) is 14.2 Å². The summed E-state index contributed by atoms with van der Waals surface area (Å²) in [6.07, 6.45) is 0.435. The molecule has 1 amide bonds. The first-order valence-corrected chi connectivity index (χ1v) is 9.58. The first-order valence-electron chi connectivity index (χ1n) is 9.58. The van der Waals surface area contributed by atoms with Gasteiger partial charge in [-0.25, -0.2) is 0 Å². The van der Waals surface area contributed by atoms with Gasteiger partial charge < -0.3 is 19.8 Å². The largest absolute Gasteiger partial charge is 0.497 e. The maximum atomic E-state index is 12.5.